The number of hydrogen-bond donors (Lipinski definition) is 1. The highest BCUT2D eigenvalue weighted by Crippen LogP contribution is 2.45. The van der Waals surface area contributed by atoms with Crippen molar-refractivity contribution in [1.82, 2.24) is 20.5 Å². The van der Waals surface area contributed by atoms with Crippen LogP contribution in [-0.2, 0) is 27.4 Å². The number of anilines is 1. The molecule has 51 heavy (non-hydrogen) atoms. The van der Waals surface area contributed by atoms with E-state index in [2.05, 4.69) is 25.2 Å². The van der Waals surface area contributed by atoms with Gasteiger partial charge in [-0.3, -0.25) is 9.78 Å². The second-order valence-corrected chi connectivity index (χ2v) is 13.2. The summed E-state index contributed by atoms with van der Waals surface area (Å²) in [5.41, 5.74) is -2.84. The molecule has 5 rings (SSSR count). The Morgan fingerprint density at radius 2 is 1.76 bits per heavy atom. The van der Waals surface area contributed by atoms with Gasteiger partial charge in [0, 0.05) is 17.5 Å². The summed E-state index contributed by atoms with van der Waals surface area (Å²) in [7, 11) is 0. The van der Waals surface area contributed by atoms with Crippen molar-refractivity contribution in [3.8, 4) is 34.5 Å². The van der Waals surface area contributed by atoms with E-state index in [0.717, 1.165) is 23.2 Å². The summed E-state index contributed by atoms with van der Waals surface area (Å²) in [6.45, 7) is 7.25. The van der Waals surface area contributed by atoms with E-state index >= 15 is 13.2 Å². The van der Waals surface area contributed by atoms with Crippen LogP contribution in [0.1, 0.15) is 58.1 Å². The maximum atomic E-state index is 16.0. The summed E-state index contributed by atoms with van der Waals surface area (Å²) >= 11 is 0. The number of aromatic nitrogens is 3. The van der Waals surface area contributed by atoms with Crippen LogP contribution < -0.4 is 15.0 Å². The van der Waals surface area contributed by atoms with Crippen LogP contribution in [0.25, 0.3) is 22.7 Å². The number of nitrogens with one attached hydrogen (secondary N) is 1. The Labute approximate surface area is 287 Å². The van der Waals surface area contributed by atoms with Gasteiger partial charge in [-0.25, -0.2) is 18.0 Å². The van der Waals surface area contributed by atoms with Gasteiger partial charge in [0.25, 0.3) is 11.8 Å². The second kappa shape index (κ2) is 13.2. The number of nitriles is 1. The van der Waals surface area contributed by atoms with Crippen LogP contribution in [0.5, 0.6) is 5.75 Å². The van der Waals surface area contributed by atoms with Crippen molar-refractivity contribution < 1.29 is 49.8 Å². The average molecular weight is 717 g/mol. The monoisotopic (exact) mass is 716 g/mol. The first-order valence-electron chi connectivity index (χ1n) is 15.3. The number of nitrogens with zero attached hydrogens (tertiary/aromatic N) is 5. The molecule has 1 aliphatic rings. The summed E-state index contributed by atoms with van der Waals surface area (Å²) in [6, 6.07) is 10.2. The van der Waals surface area contributed by atoms with Crippen LogP contribution in [-0.4, -0.2) is 45.2 Å². The number of fused-ring (bicyclic) bond motifs is 1. The zero-order chi connectivity index (χ0) is 37.5. The highest BCUT2D eigenvalue weighted by Gasteiger charge is 2.47. The third-order valence-corrected chi connectivity index (χ3v) is 7.52. The summed E-state index contributed by atoms with van der Waals surface area (Å²) in [4.78, 5) is 31.7. The molecule has 0 saturated carbocycles. The van der Waals surface area contributed by atoms with Crippen LogP contribution in [0.4, 0.5) is 36.8 Å². The minimum atomic E-state index is -4.89. The molecule has 11 nitrogen and oxygen atoms in total. The Hall–Kier alpha value is -5.66. The number of alkyl carbamates (subject to hydrolysis) is 1. The van der Waals surface area contributed by atoms with Gasteiger partial charge in [-0.05, 0) is 64.4 Å². The zero-order valence-electron chi connectivity index (χ0n) is 27.7. The van der Waals surface area contributed by atoms with E-state index in [0.29, 0.717) is 17.2 Å². The van der Waals surface area contributed by atoms with E-state index in [1.807, 2.05) is 6.07 Å². The van der Waals surface area contributed by atoms with Crippen LogP contribution in [0.15, 0.2) is 59.1 Å². The van der Waals surface area contributed by atoms with Crippen molar-refractivity contribution >= 4 is 17.7 Å². The largest absolute Gasteiger partial charge is 0.573 e. The van der Waals surface area contributed by atoms with Gasteiger partial charge in [0.05, 0.1) is 35.8 Å². The Morgan fingerprint density at radius 1 is 1.08 bits per heavy atom. The molecule has 0 radical (unpaired) electrons. The predicted octanol–water partition coefficient (Wildman–Crippen LogP) is 7.56. The Balaban J connectivity index is 1.54. The van der Waals surface area contributed by atoms with Gasteiger partial charge in [0.1, 0.15) is 28.6 Å². The van der Waals surface area contributed by atoms with Crippen LogP contribution in [0, 0.1) is 17.1 Å². The molecule has 1 N–H and O–H groups in total. The summed E-state index contributed by atoms with van der Waals surface area (Å²) in [5, 5.41) is 19.3. The number of pyridine rings is 1. The molecule has 268 valence electrons. The molecule has 0 spiro atoms. The first-order chi connectivity index (χ1) is 23.7. The normalized spacial score (nSPS) is 16.2. The quantitative estimate of drug-likeness (QED) is 0.192. The van der Waals surface area contributed by atoms with Crippen molar-refractivity contribution in [3.05, 3.63) is 77.6 Å². The second-order valence-electron chi connectivity index (χ2n) is 13.2. The number of amides is 2. The van der Waals surface area contributed by atoms with Crippen LogP contribution in [0.3, 0.4) is 0 Å². The molecule has 1 aliphatic heterocycles. The van der Waals surface area contributed by atoms with E-state index in [-0.39, 0.29) is 18.1 Å². The first-order valence-corrected chi connectivity index (χ1v) is 15.3. The first kappa shape index (κ1) is 36.6. The summed E-state index contributed by atoms with van der Waals surface area (Å²) in [6.07, 6.45) is -6.36. The predicted molar refractivity (Wildman–Crippen MR) is 168 cm³/mol. The van der Waals surface area contributed by atoms with E-state index in [1.165, 1.54) is 32.0 Å². The minimum absolute atomic E-state index is 0.161. The summed E-state index contributed by atoms with van der Waals surface area (Å²) in [5.74, 6) is -7.10. The van der Waals surface area contributed by atoms with E-state index in [9.17, 15) is 28.0 Å². The molecule has 1 unspecified atom stereocenters. The third-order valence-electron chi connectivity index (χ3n) is 7.52. The summed E-state index contributed by atoms with van der Waals surface area (Å²) < 4.78 is 99.7. The lowest BCUT2D eigenvalue weighted by Crippen LogP contribution is -2.49. The van der Waals surface area contributed by atoms with E-state index < -0.39 is 82.0 Å². The van der Waals surface area contributed by atoms with Crippen molar-refractivity contribution in [3.63, 3.8) is 0 Å². The minimum Gasteiger partial charge on any atom is -0.444 e. The fraction of sp³-hybridized carbons (Fsp3) is 0.353. The van der Waals surface area contributed by atoms with Crippen molar-refractivity contribution in [2.75, 3.05) is 4.90 Å². The topological polar surface area (TPSA) is 143 Å². The maximum absolute atomic E-state index is 16.0. The number of rotatable bonds is 7. The lowest BCUT2D eigenvalue weighted by Gasteiger charge is -2.27. The smallest absolute Gasteiger partial charge is 0.444 e. The highest BCUT2D eigenvalue weighted by molar-refractivity contribution is 6.01. The van der Waals surface area contributed by atoms with Gasteiger partial charge in [-0.2, -0.15) is 5.26 Å². The van der Waals surface area contributed by atoms with Crippen molar-refractivity contribution in [2.24, 2.45) is 0 Å². The van der Waals surface area contributed by atoms with E-state index in [4.69, 9.17) is 9.15 Å². The van der Waals surface area contributed by atoms with Gasteiger partial charge in [0.15, 0.2) is 0 Å². The molecule has 0 fully saturated rings. The molecule has 1 atom stereocenters. The number of ether oxygens (including phenoxy) is 2. The van der Waals surface area contributed by atoms with Crippen molar-refractivity contribution in [1.29, 1.82) is 5.26 Å². The molecular weight excluding hydrogens is 686 g/mol. The Morgan fingerprint density at radius 3 is 2.35 bits per heavy atom. The van der Waals surface area contributed by atoms with Crippen molar-refractivity contribution in [2.45, 2.75) is 76.9 Å². The Kier molecular flexibility index (Phi) is 9.50. The van der Waals surface area contributed by atoms with Crippen LogP contribution in [0.2, 0.25) is 0 Å². The molecule has 0 saturated heterocycles. The van der Waals surface area contributed by atoms with Gasteiger partial charge >= 0.3 is 12.5 Å². The maximum Gasteiger partial charge on any atom is 0.573 e. The number of carbonyl (C=O) groups is 2. The molecule has 0 aliphatic carbocycles. The third kappa shape index (κ3) is 8.39. The van der Waals surface area contributed by atoms with Gasteiger partial charge < -0.3 is 24.1 Å². The lowest BCUT2D eigenvalue weighted by atomic mass is 9.96. The standard InChI is InChI=1S/C34H30F6N6O5/c1-31(2,3)51-30(48)43-25-14-33(36,37)22-13-23(35)21(27-44-45-29(49-27)32(4,5)17-41)12-26(22)46(28(25)47)16-18-6-8-19(9-7-18)24-11-10-20(15-42-24)50-34(38,39)40/h6-13,15,25H,14,16H2,1-5H3,(H,43,48). The number of halogens is 6. The number of carbonyl (C=O) groups excluding carboxylic acids is 2. The molecule has 2 amide bonds. The Bertz CT molecular complexity index is 1980. The molecule has 0 bridgehead atoms. The highest BCUT2D eigenvalue weighted by atomic mass is 19.4. The van der Waals surface area contributed by atoms with Gasteiger partial charge in [0.2, 0.25) is 11.8 Å². The number of alkyl halides is 5. The molecule has 4 aromatic rings. The number of hydrogen-bond acceptors (Lipinski definition) is 9. The fourth-order valence-corrected chi connectivity index (χ4v) is 5.07. The fourth-order valence-electron chi connectivity index (χ4n) is 5.07. The lowest BCUT2D eigenvalue weighted by molar-refractivity contribution is -0.274. The van der Waals surface area contributed by atoms with Gasteiger partial charge in [-0.15, -0.1) is 23.4 Å². The molecule has 2 aromatic carbocycles. The van der Waals surface area contributed by atoms with E-state index in [1.54, 1.807) is 32.9 Å². The molecular formula is C34H30F6N6O5. The molecule has 3 heterocycles. The number of benzene rings is 2. The van der Waals surface area contributed by atoms with Crippen LogP contribution >= 0.6 is 0 Å². The SMILES string of the molecule is CC(C)(C)OC(=O)NC1CC(F)(F)c2cc(F)c(-c3nnc(C(C)(C)C#N)o3)cc2N(Cc2ccc(-c3ccc(OC(F)(F)F)cn3)cc2)C1=O. The average Bonchev–Trinajstić information content (AvgIpc) is 3.51. The zero-order valence-corrected chi connectivity index (χ0v) is 27.7. The molecule has 17 heteroatoms. The van der Waals surface area contributed by atoms with Gasteiger partial charge in [-0.1, -0.05) is 24.3 Å². The molecule has 2 aromatic heterocycles.